The number of aryl methyl sites for hydroxylation is 1. The van der Waals surface area contributed by atoms with E-state index >= 15 is 0 Å². The molecule has 0 saturated carbocycles. The lowest BCUT2D eigenvalue weighted by Gasteiger charge is -2.15. The average molecular weight is 293 g/mol. The third-order valence-electron chi connectivity index (χ3n) is 3.85. The van der Waals surface area contributed by atoms with E-state index in [1.165, 1.54) is 11.1 Å². The summed E-state index contributed by atoms with van der Waals surface area (Å²) in [6.45, 7) is 5.38. The number of hydrogen-bond acceptors (Lipinski definition) is 4. The van der Waals surface area contributed by atoms with Gasteiger partial charge in [-0.15, -0.1) is 0 Å². The van der Waals surface area contributed by atoms with E-state index in [9.17, 15) is 5.11 Å². The van der Waals surface area contributed by atoms with Gasteiger partial charge in [-0.25, -0.2) is 0 Å². The van der Waals surface area contributed by atoms with Crippen LogP contribution in [0.4, 0.5) is 0 Å². The van der Waals surface area contributed by atoms with Crippen LogP contribution in [0.5, 0.6) is 0 Å². The van der Waals surface area contributed by atoms with E-state index in [4.69, 9.17) is 9.47 Å². The van der Waals surface area contributed by atoms with Crippen molar-refractivity contribution in [3.8, 4) is 0 Å². The van der Waals surface area contributed by atoms with Gasteiger partial charge in [-0.3, -0.25) is 0 Å². The van der Waals surface area contributed by atoms with Crippen LogP contribution in [0.1, 0.15) is 24.0 Å². The monoisotopic (exact) mass is 293 g/mol. The minimum atomic E-state index is -0.455. The molecular weight excluding hydrogens is 266 g/mol. The van der Waals surface area contributed by atoms with Gasteiger partial charge in [0, 0.05) is 13.2 Å². The molecule has 1 aromatic rings. The van der Waals surface area contributed by atoms with Crippen molar-refractivity contribution in [2.75, 3.05) is 32.9 Å². The van der Waals surface area contributed by atoms with Crippen LogP contribution in [0.15, 0.2) is 24.3 Å². The van der Waals surface area contributed by atoms with E-state index in [0.717, 1.165) is 32.4 Å². The maximum Gasteiger partial charge on any atom is 0.0897 e. The second-order valence-electron chi connectivity index (χ2n) is 5.71. The van der Waals surface area contributed by atoms with E-state index < -0.39 is 6.10 Å². The molecule has 2 N–H and O–H groups in total. The predicted octanol–water partition coefficient (Wildman–Crippen LogP) is 1.68. The van der Waals surface area contributed by atoms with Gasteiger partial charge in [-0.05, 0) is 43.9 Å². The highest BCUT2D eigenvalue weighted by atomic mass is 16.5. The van der Waals surface area contributed by atoms with Crippen LogP contribution in [0.3, 0.4) is 0 Å². The molecule has 1 aromatic carbocycles. The highest BCUT2D eigenvalue weighted by molar-refractivity contribution is 5.25. The van der Waals surface area contributed by atoms with Gasteiger partial charge < -0.3 is 19.9 Å². The summed E-state index contributed by atoms with van der Waals surface area (Å²) >= 11 is 0. The number of ether oxygens (including phenoxy) is 2. The van der Waals surface area contributed by atoms with Gasteiger partial charge in [-0.2, -0.15) is 0 Å². The number of benzene rings is 1. The molecule has 0 bridgehead atoms. The maximum absolute atomic E-state index is 9.85. The molecular formula is C17H27NO3. The second-order valence-corrected chi connectivity index (χ2v) is 5.71. The van der Waals surface area contributed by atoms with Gasteiger partial charge in [0.2, 0.25) is 0 Å². The molecule has 2 unspecified atom stereocenters. The average Bonchev–Trinajstić information content (AvgIpc) is 2.98. The number of aliphatic hydroxyl groups is 1. The van der Waals surface area contributed by atoms with Crippen molar-refractivity contribution in [3.05, 3.63) is 35.4 Å². The molecule has 2 rings (SSSR count). The Morgan fingerprint density at radius 3 is 3.05 bits per heavy atom. The highest BCUT2D eigenvalue weighted by Gasteiger charge is 2.15. The van der Waals surface area contributed by atoms with Crippen LogP contribution < -0.4 is 5.32 Å². The standard InChI is InChI=1S/C17H27NO3/c1-14-5-2-3-6-15(14)8-9-18-11-16(19)12-20-13-17-7-4-10-21-17/h2-3,5-6,16-19H,4,7-13H2,1H3. The zero-order valence-electron chi connectivity index (χ0n) is 12.9. The van der Waals surface area contributed by atoms with E-state index in [0.29, 0.717) is 19.8 Å². The summed E-state index contributed by atoms with van der Waals surface area (Å²) in [5.74, 6) is 0. The molecule has 0 spiro atoms. The summed E-state index contributed by atoms with van der Waals surface area (Å²) in [4.78, 5) is 0. The van der Waals surface area contributed by atoms with Gasteiger partial charge in [0.05, 0.1) is 25.4 Å². The molecule has 1 heterocycles. The molecule has 4 heteroatoms. The fraction of sp³-hybridized carbons (Fsp3) is 0.647. The minimum absolute atomic E-state index is 0.228. The Kier molecular flexibility index (Phi) is 7.16. The van der Waals surface area contributed by atoms with Crippen LogP contribution in [-0.4, -0.2) is 50.2 Å². The minimum Gasteiger partial charge on any atom is -0.389 e. The maximum atomic E-state index is 9.85. The van der Waals surface area contributed by atoms with Crippen molar-refractivity contribution in [2.45, 2.75) is 38.4 Å². The first-order valence-electron chi connectivity index (χ1n) is 7.88. The lowest BCUT2D eigenvalue weighted by atomic mass is 10.1. The van der Waals surface area contributed by atoms with Crippen molar-refractivity contribution in [1.29, 1.82) is 0 Å². The van der Waals surface area contributed by atoms with Crippen LogP contribution in [0.2, 0.25) is 0 Å². The molecule has 1 saturated heterocycles. The zero-order chi connectivity index (χ0) is 14.9. The first-order valence-corrected chi connectivity index (χ1v) is 7.88. The van der Waals surface area contributed by atoms with Crippen molar-refractivity contribution < 1.29 is 14.6 Å². The van der Waals surface area contributed by atoms with Gasteiger partial charge in [0.15, 0.2) is 0 Å². The largest absolute Gasteiger partial charge is 0.389 e. The normalized spacial score (nSPS) is 19.8. The lowest BCUT2D eigenvalue weighted by Crippen LogP contribution is -2.32. The Morgan fingerprint density at radius 1 is 1.43 bits per heavy atom. The summed E-state index contributed by atoms with van der Waals surface area (Å²) in [7, 11) is 0. The zero-order valence-corrected chi connectivity index (χ0v) is 12.9. The summed E-state index contributed by atoms with van der Waals surface area (Å²) in [5.41, 5.74) is 2.67. The van der Waals surface area contributed by atoms with Gasteiger partial charge in [0.1, 0.15) is 0 Å². The molecule has 21 heavy (non-hydrogen) atoms. The number of nitrogens with one attached hydrogen (secondary N) is 1. The number of rotatable bonds is 9. The summed E-state index contributed by atoms with van der Waals surface area (Å²) in [6, 6.07) is 8.40. The van der Waals surface area contributed by atoms with Crippen LogP contribution in [0, 0.1) is 6.92 Å². The van der Waals surface area contributed by atoms with Gasteiger partial charge in [0.25, 0.3) is 0 Å². The molecule has 4 nitrogen and oxygen atoms in total. The second kappa shape index (κ2) is 9.15. The molecule has 1 aliphatic rings. The molecule has 0 aliphatic carbocycles. The fourth-order valence-corrected chi connectivity index (χ4v) is 2.55. The third-order valence-corrected chi connectivity index (χ3v) is 3.85. The Balaban J connectivity index is 1.50. The quantitative estimate of drug-likeness (QED) is 0.680. The molecule has 118 valence electrons. The van der Waals surface area contributed by atoms with E-state index in [-0.39, 0.29) is 6.10 Å². The SMILES string of the molecule is Cc1ccccc1CCNCC(O)COCC1CCCO1. The Labute approximate surface area is 127 Å². The highest BCUT2D eigenvalue weighted by Crippen LogP contribution is 2.11. The first kappa shape index (κ1) is 16.4. The molecule has 1 aliphatic heterocycles. The third kappa shape index (κ3) is 6.14. The Morgan fingerprint density at radius 2 is 2.29 bits per heavy atom. The molecule has 0 radical (unpaired) electrons. The van der Waals surface area contributed by atoms with Crippen molar-refractivity contribution in [1.82, 2.24) is 5.32 Å². The summed E-state index contributed by atoms with van der Waals surface area (Å²) < 4.78 is 11.0. The van der Waals surface area contributed by atoms with Crippen LogP contribution in [0.25, 0.3) is 0 Å². The predicted molar refractivity (Wildman–Crippen MR) is 83.6 cm³/mol. The molecule has 1 fully saturated rings. The molecule has 0 aromatic heterocycles. The molecule has 0 amide bonds. The van der Waals surface area contributed by atoms with Gasteiger partial charge >= 0.3 is 0 Å². The number of aliphatic hydroxyl groups excluding tert-OH is 1. The van der Waals surface area contributed by atoms with Crippen molar-refractivity contribution >= 4 is 0 Å². The number of hydrogen-bond donors (Lipinski definition) is 2. The van der Waals surface area contributed by atoms with Crippen LogP contribution >= 0.6 is 0 Å². The topological polar surface area (TPSA) is 50.7 Å². The fourth-order valence-electron chi connectivity index (χ4n) is 2.55. The smallest absolute Gasteiger partial charge is 0.0897 e. The van der Waals surface area contributed by atoms with Crippen LogP contribution in [-0.2, 0) is 15.9 Å². The summed E-state index contributed by atoms with van der Waals surface area (Å²) in [6.07, 6.45) is 2.95. The van der Waals surface area contributed by atoms with E-state index in [1.54, 1.807) is 0 Å². The lowest BCUT2D eigenvalue weighted by molar-refractivity contribution is -0.0163. The van der Waals surface area contributed by atoms with E-state index in [1.807, 2.05) is 0 Å². The molecule has 2 atom stereocenters. The summed E-state index contributed by atoms with van der Waals surface area (Å²) in [5, 5.41) is 13.1. The van der Waals surface area contributed by atoms with E-state index in [2.05, 4.69) is 36.5 Å². The van der Waals surface area contributed by atoms with Crippen molar-refractivity contribution in [2.24, 2.45) is 0 Å². The Hall–Kier alpha value is -0.940. The first-order chi connectivity index (χ1) is 10.3. The van der Waals surface area contributed by atoms with Gasteiger partial charge in [-0.1, -0.05) is 24.3 Å². The van der Waals surface area contributed by atoms with Crippen molar-refractivity contribution in [3.63, 3.8) is 0 Å². The Bertz CT molecular complexity index is 405.